The van der Waals surface area contributed by atoms with Gasteiger partial charge < -0.3 is 4.52 Å². The molecule has 0 amide bonds. The van der Waals surface area contributed by atoms with Crippen molar-refractivity contribution in [1.82, 2.24) is 0 Å². The Kier molecular flexibility index (Phi) is 6.93. The molecule has 0 aliphatic carbocycles. The molecule has 0 radical (unpaired) electrons. The van der Waals surface area contributed by atoms with Crippen molar-refractivity contribution in [2.75, 3.05) is 31.0 Å². The van der Waals surface area contributed by atoms with Gasteiger partial charge in [-0.25, -0.2) is 0 Å². The van der Waals surface area contributed by atoms with E-state index in [1.807, 2.05) is 19.4 Å². The highest BCUT2D eigenvalue weighted by molar-refractivity contribution is 8.56. The Morgan fingerprint density at radius 3 is 2.45 bits per heavy atom. The van der Waals surface area contributed by atoms with Gasteiger partial charge >= 0.3 is 0 Å². The number of hydrogen-bond donors (Lipinski definition) is 0. The van der Waals surface area contributed by atoms with Gasteiger partial charge in [-0.05, 0) is 19.4 Å². The molecule has 0 aliphatic heterocycles. The van der Waals surface area contributed by atoms with Crippen LogP contribution in [-0.4, -0.2) is 31.0 Å². The highest BCUT2D eigenvalue weighted by Crippen LogP contribution is 2.58. The molecule has 68 valence electrons. The molecule has 0 saturated carbocycles. The molecule has 0 aromatic carbocycles. The Hall–Kier alpha value is 0.890. The summed E-state index contributed by atoms with van der Waals surface area (Å²) in [6, 6.07) is 0. The first-order valence-corrected chi connectivity index (χ1v) is 8.50. The van der Waals surface area contributed by atoms with E-state index in [-0.39, 0.29) is 0 Å². The van der Waals surface area contributed by atoms with Crippen LogP contribution in [0.15, 0.2) is 0 Å². The second-order valence-electron chi connectivity index (χ2n) is 1.93. The standard InChI is InChI=1S/C6H15O2PS2/c1-4-8-9(7,11-3)5-6-10-2/h4-6H2,1-3H3. The highest BCUT2D eigenvalue weighted by atomic mass is 32.7. The van der Waals surface area contributed by atoms with Crippen LogP contribution in [0, 0.1) is 0 Å². The lowest BCUT2D eigenvalue weighted by molar-refractivity contribution is 0.347. The zero-order valence-corrected chi connectivity index (χ0v) is 9.73. The summed E-state index contributed by atoms with van der Waals surface area (Å²) in [4.78, 5) is 0. The van der Waals surface area contributed by atoms with Crippen LogP contribution in [0.5, 0.6) is 0 Å². The third kappa shape index (κ3) is 5.18. The topological polar surface area (TPSA) is 26.3 Å². The second kappa shape index (κ2) is 6.41. The Balaban J connectivity index is 3.79. The van der Waals surface area contributed by atoms with E-state index >= 15 is 0 Å². The average Bonchev–Trinajstić information content (AvgIpc) is 2.02. The smallest absolute Gasteiger partial charge is 0.258 e. The molecule has 0 rings (SSSR count). The van der Waals surface area contributed by atoms with Crippen LogP contribution >= 0.6 is 29.7 Å². The van der Waals surface area contributed by atoms with Crippen molar-refractivity contribution in [3.8, 4) is 0 Å². The first-order valence-electron chi connectivity index (χ1n) is 3.46. The lowest BCUT2D eigenvalue weighted by Gasteiger charge is -2.13. The van der Waals surface area contributed by atoms with Gasteiger partial charge in [0.1, 0.15) is 0 Å². The van der Waals surface area contributed by atoms with E-state index in [0.29, 0.717) is 12.8 Å². The molecule has 2 nitrogen and oxygen atoms in total. The fourth-order valence-electron chi connectivity index (χ4n) is 0.608. The van der Waals surface area contributed by atoms with Gasteiger partial charge in [-0.15, -0.1) is 0 Å². The predicted octanol–water partition coefficient (Wildman–Crippen LogP) is 2.94. The summed E-state index contributed by atoms with van der Waals surface area (Å²) in [5, 5.41) is 0. The summed E-state index contributed by atoms with van der Waals surface area (Å²) < 4.78 is 16.9. The lowest BCUT2D eigenvalue weighted by Crippen LogP contribution is -1.93. The fourth-order valence-corrected chi connectivity index (χ4v) is 4.89. The minimum Gasteiger partial charge on any atom is -0.321 e. The van der Waals surface area contributed by atoms with E-state index in [1.54, 1.807) is 11.8 Å². The maximum absolute atomic E-state index is 11.7. The molecule has 1 unspecified atom stereocenters. The van der Waals surface area contributed by atoms with E-state index in [1.165, 1.54) is 11.4 Å². The fraction of sp³-hybridized carbons (Fsp3) is 1.00. The second-order valence-corrected chi connectivity index (χ2v) is 7.97. The SMILES string of the molecule is CCOP(=O)(CCSC)SC. The molecule has 0 bridgehead atoms. The maximum Gasteiger partial charge on any atom is 0.258 e. The Bertz CT molecular complexity index is 141. The van der Waals surface area contributed by atoms with Gasteiger partial charge in [-0.2, -0.15) is 11.8 Å². The minimum absolute atomic E-state index is 0.548. The van der Waals surface area contributed by atoms with Gasteiger partial charge in [0.25, 0.3) is 6.57 Å². The van der Waals surface area contributed by atoms with Gasteiger partial charge in [-0.3, -0.25) is 4.57 Å². The molecule has 5 heteroatoms. The molecule has 11 heavy (non-hydrogen) atoms. The van der Waals surface area contributed by atoms with E-state index in [9.17, 15) is 4.57 Å². The predicted molar refractivity (Wildman–Crippen MR) is 56.0 cm³/mol. The molecule has 1 atom stereocenters. The third-order valence-corrected chi connectivity index (χ3v) is 6.60. The van der Waals surface area contributed by atoms with Gasteiger partial charge in [0.05, 0.1) is 6.61 Å². The summed E-state index contributed by atoms with van der Waals surface area (Å²) >= 11 is 3.06. The summed E-state index contributed by atoms with van der Waals surface area (Å²) in [6.07, 6.45) is 4.54. The van der Waals surface area contributed by atoms with E-state index in [0.717, 1.165) is 5.75 Å². The van der Waals surface area contributed by atoms with E-state index < -0.39 is 6.57 Å². The minimum atomic E-state index is -2.32. The van der Waals surface area contributed by atoms with Gasteiger partial charge in [0, 0.05) is 11.9 Å². The number of hydrogen-bond acceptors (Lipinski definition) is 4. The van der Waals surface area contributed by atoms with E-state index in [2.05, 4.69) is 0 Å². The Labute approximate surface area is 77.0 Å². The van der Waals surface area contributed by atoms with E-state index in [4.69, 9.17) is 4.52 Å². The van der Waals surface area contributed by atoms with Crippen LogP contribution < -0.4 is 0 Å². The average molecular weight is 214 g/mol. The van der Waals surface area contributed by atoms with Crippen molar-refractivity contribution in [3.63, 3.8) is 0 Å². The lowest BCUT2D eigenvalue weighted by atomic mass is 10.9. The van der Waals surface area contributed by atoms with Crippen molar-refractivity contribution in [1.29, 1.82) is 0 Å². The quantitative estimate of drug-likeness (QED) is 0.635. The summed E-state index contributed by atoms with van der Waals surface area (Å²) in [6.45, 7) is 0.104. The largest absolute Gasteiger partial charge is 0.321 e. The Morgan fingerprint density at radius 2 is 2.09 bits per heavy atom. The molecule has 0 aromatic heterocycles. The number of thioether (sulfide) groups is 1. The van der Waals surface area contributed by atoms with Crippen molar-refractivity contribution in [2.45, 2.75) is 6.92 Å². The highest BCUT2D eigenvalue weighted by Gasteiger charge is 2.19. The van der Waals surface area contributed by atoms with Crippen LogP contribution in [0.25, 0.3) is 0 Å². The van der Waals surface area contributed by atoms with Crippen LogP contribution in [0.3, 0.4) is 0 Å². The molecule has 0 spiro atoms. The molecule has 0 aliphatic rings. The van der Waals surface area contributed by atoms with Crippen molar-refractivity contribution in [2.24, 2.45) is 0 Å². The molecular formula is C6H15O2PS2. The Morgan fingerprint density at radius 1 is 1.45 bits per heavy atom. The van der Waals surface area contributed by atoms with Crippen LogP contribution in [0.2, 0.25) is 0 Å². The van der Waals surface area contributed by atoms with Gasteiger partial charge in [0.15, 0.2) is 0 Å². The molecule has 0 N–H and O–H groups in total. The van der Waals surface area contributed by atoms with Crippen LogP contribution in [0.4, 0.5) is 0 Å². The molecule has 0 aromatic rings. The van der Waals surface area contributed by atoms with Gasteiger partial charge in [-0.1, -0.05) is 11.4 Å². The van der Waals surface area contributed by atoms with Crippen molar-refractivity contribution >= 4 is 29.7 Å². The van der Waals surface area contributed by atoms with Gasteiger partial charge in [0.2, 0.25) is 0 Å². The first kappa shape index (κ1) is 11.9. The third-order valence-electron chi connectivity index (χ3n) is 1.17. The summed E-state index contributed by atoms with van der Waals surface area (Å²) in [5.41, 5.74) is 0. The zero-order chi connectivity index (χ0) is 8.74. The maximum atomic E-state index is 11.7. The summed E-state index contributed by atoms with van der Waals surface area (Å²) in [5.74, 6) is 0.915. The monoisotopic (exact) mass is 214 g/mol. The molecule has 0 heterocycles. The van der Waals surface area contributed by atoms with Crippen molar-refractivity contribution < 1.29 is 9.09 Å². The van der Waals surface area contributed by atoms with Crippen molar-refractivity contribution in [3.05, 3.63) is 0 Å². The zero-order valence-electron chi connectivity index (χ0n) is 7.20. The first-order chi connectivity index (χ1) is 5.18. The molecular weight excluding hydrogens is 199 g/mol. The summed E-state index contributed by atoms with van der Waals surface area (Å²) in [7, 11) is 0. The number of rotatable bonds is 6. The molecule has 0 fully saturated rings. The molecule has 0 saturated heterocycles. The van der Waals surface area contributed by atoms with Crippen LogP contribution in [0.1, 0.15) is 6.92 Å². The van der Waals surface area contributed by atoms with Crippen LogP contribution in [-0.2, 0) is 9.09 Å². The normalized spacial score (nSPS) is 16.3.